The van der Waals surface area contributed by atoms with Gasteiger partial charge in [0.15, 0.2) is 0 Å². The summed E-state index contributed by atoms with van der Waals surface area (Å²) in [4.78, 5) is 10.6. The second-order valence-electron chi connectivity index (χ2n) is 3.84. The number of allylic oxidation sites excluding steroid dienone is 2. The van der Waals surface area contributed by atoms with Crippen LogP contribution in [0.25, 0.3) is 0 Å². The second-order valence-corrected chi connectivity index (χ2v) is 3.84. The lowest BCUT2D eigenvalue weighted by molar-refractivity contribution is -0.142. The van der Waals surface area contributed by atoms with E-state index in [0.29, 0.717) is 18.4 Å². The van der Waals surface area contributed by atoms with Gasteiger partial charge in [-0.1, -0.05) is 19.6 Å². The zero-order valence-corrected chi connectivity index (χ0v) is 7.32. The molecule has 0 heterocycles. The molecule has 2 bridgehead atoms. The predicted molar refractivity (Wildman–Crippen MR) is 52.2 cm³/mol. The second kappa shape index (κ2) is 3.95. The summed E-state index contributed by atoms with van der Waals surface area (Å²) >= 11 is 0. The molecule has 0 aromatic heterocycles. The highest BCUT2D eigenvalue weighted by molar-refractivity contribution is 5.65. The van der Waals surface area contributed by atoms with E-state index in [4.69, 9.17) is 4.74 Å². The Kier molecular flexibility index (Phi) is 3.12. The van der Waals surface area contributed by atoms with Crippen LogP contribution in [-0.2, 0) is 9.53 Å². The van der Waals surface area contributed by atoms with Gasteiger partial charge >= 0.3 is 5.97 Å². The summed E-state index contributed by atoms with van der Waals surface area (Å²) in [6.45, 7) is 2.10. The zero-order chi connectivity index (χ0) is 8.55. The van der Waals surface area contributed by atoms with Crippen LogP contribution in [0.15, 0.2) is 12.2 Å². The summed E-state index contributed by atoms with van der Waals surface area (Å²) in [6, 6.07) is 0. The van der Waals surface area contributed by atoms with Gasteiger partial charge in [0.05, 0.1) is 6.61 Å². The molecule has 2 aliphatic rings. The van der Waals surface area contributed by atoms with Crippen molar-refractivity contribution in [2.24, 2.45) is 17.8 Å². The van der Waals surface area contributed by atoms with Gasteiger partial charge in [-0.15, -0.1) is 0 Å². The topological polar surface area (TPSA) is 26.3 Å². The number of hydrogen-bond acceptors (Lipinski definition) is 2. The lowest BCUT2D eigenvalue weighted by Crippen LogP contribution is -2.16. The summed E-state index contributed by atoms with van der Waals surface area (Å²) in [5.41, 5.74) is 0. The van der Waals surface area contributed by atoms with Gasteiger partial charge in [-0.05, 0) is 30.6 Å². The monoisotopic (exact) mass is 182 g/mol. The van der Waals surface area contributed by atoms with Gasteiger partial charge < -0.3 is 4.74 Å². The third kappa shape index (κ3) is 2.11. The molecule has 0 N–H and O–H groups in total. The molecule has 2 aliphatic carbocycles. The Hall–Kier alpha value is -0.790. The number of carbonyl (C=O) groups is 1. The Morgan fingerprint density at radius 3 is 2.69 bits per heavy atom. The Bertz CT molecular complexity index is 220. The quantitative estimate of drug-likeness (QED) is 0.484. The van der Waals surface area contributed by atoms with Crippen LogP contribution in [0.2, 0.25) is 0 Å². The van der Waals surface area contributed by atoms with Crippen LogP contribution in [0.4, 0.5) is 0 Å². The Morgan fingerprint density at radius 1 is 1.46 bits per heavy atom. The molecule has 0 amide bonds. The summed E-state index contributed by atoms with van der Waals surface area (Å²) in [5.74, 6) is 1.91. The van der Waals surface area contributed by atoms with Gasteiger partial charge in [-0.2, -0.15) is 0 Å². The molecule has 0 saturated heterocycles. The van der Waals surface area contributed by atoms with Crippen molar-refractivity contribution < 1.29 is 9.53 Å². The first-order valence-electron chi connectivity index (χ1n) is 4.57. The molecule has 3 atom stereocenters. The van der Waals surface area contributed by atoms with Crippen molar-refractivity contribution in [1.82, 2.24) is 0 Å². The highest BCUT2D eigenvalue weighted by Gasteiger charge is 2.35. The summed E-state index contributed by atoms with van der Waals surface area (Å²) in [6.07, 6.45) is 7.08. The first-order chi connectivity index (χ1) is 5.75. The normalized spacial score (nSPS) is 34.4. The Labute approximate surface area is 80.0 Å². The van der Waals surface area contributed by atoms with E-state index in [0.717, 1.165) is 5.92 Å². The Morgan fingerprint density at radius 2 is 2.23 bits per heavy atom. The van der Waals surface area contributed by atoms with Crippen LogP contribution in [0.1, 0.15) is 27.2 Å². The maximum absolute atomic E-state index is 10.6. The third-order valence-electron chi connectivity index (χ3n) is 2.92. The average Bonchev–Trinajstić information content (AvgIpc) is 2.60. The summed E-state index contributed by atoms with van der Waals surface area (Å²) in [5, 5.41) is 0. The van der Waals surface area contributed by atoms with Crippen LogP contribution in [0.5, 0.6) is 0 Å². The lowest BCUT2D eigenvalue weighted by atomic mass is 9.95. The van der Waals surface area contributed by atoms with E-state index >= 15 is 0 Å². The SMILES string of the molecule is C.CC(=O)OCC1C[C@@H]2C=C[C@H]1C2. The number of hydrogen-bond donors (Lipinski definition) is 0. The maximum Gasteiger partial charge on any atom is 0.302 e. The van der Waals surface area contributed by atoms with E-state index in [1.54, 1.807) is 0 Å². The van der Waals surface area contributed by atoms with E-state index < -0.39 is 0 Å². The number of rotatable bonds is 2. The molecule has 0 spiro atoms. The van der Waals surface area contributed by atoms with Crippen molar-refractivity contribution in [1.29, 1.82) is 0 Å². The fourth-order valence-corrected chi connectivity index (χ4v) is 2.31. The molecule has 2 rings (SSSR count). The van der Waals surface area contributed by atoms with Crippen LogP contribution in [-0.4, -0.2) is 12.6 Å². The molecule has 0 aromatic carbocycles. The number of ether oxygens (including phenoxy) is 1. The summed E-state index contributed by atoms with van der Waals surface area (Å²) < 4.78 is 5.01. The van der Waals surface area contributed by atoms with Crippen LogP contribution >= 0.6 is 0 Å². The number of fused-ring (bicyclic) bond motifs is 2. The van der Waals surface area contributed by atoms with Crippen molar-refractivity contribution in [3.8, 4) is 0 Å². The van der Waals surface area contributed by atoms with E-state index in [1.165, 1.54) is 19.8 Å². The molecular weight excluding hydrogens is 164 g/mol. The smallest absolute Gasteiger partial charge is 0.302 e. The molecular formula is C11H18O2. The molecule has 1 unspecified atom stereocenters. The minimum Gasteiger partial charge on any atom is -0.466 e. The molecule has 74 valence electrons. The number of esters is 1. The van der Waals surface area contributed by atoms with E-state index in [2.05, 4.69) is 12.2 Å². The van der Waals surface area contributed by atoms with Crippen molar-refractivity contribution >= 4 is 5.97 Å². The third-order valence-corrected chi connectivity index (χ3v) is 2.92. The van der Waals surface area contributed by atoms with E-state index in [9.17, 15) is 4.79 Å². The van der Waals surface area contributed by atoms with Gasteiger partial charge in [0.25, 0.3) is 0 Å². The highest BCUT2D eigenvalue weighted by atomic mass is 16.5. The number of carbonyl (C=O) groups excluding carboxylic acids is 1. The summed E-state index contributed by atoms with van der Waals surface area (Å²) in [7, 11) is 0. The Balaban J connectivity index is 0.000000845. The standard InChI is InChI=1S/C10H14O2.CH4/c1-7(11)12-6-10-5-8-2-3-9(10)4-8;/h2-3,8-10H,4-6H2,1H3;1H4/t8-,9+,10?;/m1./s1. The van der Waals surface area contributed by atoms with Crippen LogP contribution < -0.4 is 0 Å². The highest BCUT2D eigenvalue weighted by Crippen LogP contribution is 2.43. The predicted octanol–water partition coefficient (Wildman–Crippen LogP) is 2.40. The van der Waals surface area contributed by atoms with Gasteiger partial charge in [-0.3, -0.25) is 4.79 Å². The molecule has 2 heteroatoms. The molecule has 13 heavy (non-hydrogen) atoms. The first-order valence-corrected chi connectivity index (χ1v) is 4.57. The van der Waals surface area contributed by atoms with Gasteiger partial charge in [0.2, 0.25) is 0 Å². The van der Waals surface area contributed by atoms with E-state index in [-0.39, 0.29) is 13.4 Å². The largest absolute Gasteiger partial charge is 0.466 e. The minimum absolute atomic E-state index is 0. The van der Waals surface area contributed by atoms with Crippen molar-refractivity contribution in [2.75, 3.05) is 6.61 Å². The maximum atomic E-state index is 10.6. The van der Waals surface area contributed by atoms with E-state index in [1.807, 2.05) is 0 Å². The molecule has 0 radical (unpaired) electrons. The van der Waals surface area contributed by atoms with Crippen molar-refractivity contribution in [3.05, 3.63) is 12.2 Å². The average molecular weight is 182 g/mol. The minimum atomic E-state index is -0.151. The molecule has 1 saturated carbocycles. The van der Waals surface area contributed by atoms with Crippen LogP contribution in [0.3, 0.4) is 0 Å². The molecule has 2 nitrogen and oxygen atoms in total. The molecule has 0 aromatic rings. The molecule has 0 aliphatic heterocycles. The van der Waals surface area contributed by atoms with Crippen molar-refractivity contribution in [2.45, 2.75) is 27.2 Å². The van der Waals surface area contributed by atoms with Crippen molar-refractivity contribution in [3.63, 3.8) is 0 Å². The molecule has 1 fully saturated rings. The van der Waals surface area contributed by atoms with Gasteiger partial charge in [-0.25, -0.2) is 0 Å². The van der Waals surface area contributed by atoms with Gasteiger partial charge in [0, 0.05) is 6.92 Å². The fourth-order valence-electron chi connectivity index (χ4n) is 2.31. The fraction of sp³-hybridized carbons (Fsp3) is 0.727. The van der Waals surface area contributed by atoms with Gasteiger partial charge in [0.1, 0.15) is 0 Å². The first kappa shape index (κ1) is 10.3. The van der Waals surface area contributed by atoms with Crippen LogP contribution in [0, 0.1) is 17.8 Å². The lowest BCUT2D eigenvalue weighted by Gasteiger charge is -2.16. The zero-order valence-electron chi connectivity index (χ0n) is 7.32.